The van der Waals surface area contributed by atoms with E-state index >= 15 is 0 Å². The van der Waals surface area contributed by atoms with Crippen molar-refractivity contribution < 1.29 is 13.5 Å². The Labute approximate surface area is 113 Å². The van der Waals surface area contributed by atoms with Crippen molar-refractivity contribution in [1.29, 1.82) is 0 Å². The molecular formula is C14H17NO3S. The summed E-state index contributed by atoms with van der Waals surface area (Å²) in [4.78, 5) is 0.248. The maximum Gasteiger partial charge on any atom is 0.241 e. The molecule has 2 N–H and O–H groups in total. The summed E-state index contributed by atoms with van der Waals surface area (Å²) in [6.45, 7) is 1.62. The van der Waals surface area contributed by atoms with Gasteiger partial charge in [-0.05, 0) is 17.9 Å². The smallest absolute Gasteiger partial charge is 0.241 e. The first-order valence-electron chi connectivity index (χ1n) is 6.19. The highest BCUT2D eigenvalue weighted by atomic mass is 32.2. The molecule has 0 amide bonds. The number of hydrogen-bond acceptors (Lipinski definition) is 3. The van der Waals surface area contributed by atoms with E-state index in [1.54, 1.807) is 18.2 Å². The molecule has 2 aromatic carbocycles. The lowest BCUT2D eigenvalue weighted by atomic mass is 10.1. The van der Waals surface area contributed by atoms with Crippen LogP contribution in [-0.2, 0) is 10.0 Å². The lowest BCUT2D eigenvalue weighted by Crippen LogP contribution is -2.36. The van der Waals surface area contributed by atoms with Crippen LogP contribution in [0.25, 0.3) is 10.8 Å². The van der Waals surface area contributed by atoms with Gasteiger partial charge in [0.2, 0.25) is 10.0 Å². The van der Waals surface area contributed by atoms with Gasteiger partial charge in [-0.25, -0.2) is 13.1 Å². The van der Waals surface area contributed by atoms with Crippen LogP contribution in [0.4, 0.5) is 0 Å². The fourth-order valence-corrected chi connectivity index (χ4v) is 3.50. The third-order valence-electron chi connectivity index (χ3n) is 3.07. The van der Waals surface area contributed by atoms with Crippen LogP contribution in [0.5, 0.6) is 0 Å². The molecule has 0 aromatic heterocycles. The van der Waals surface area contributed by atoms with Gasteiger partial charge in [0.05, 0.1) is 11.5 Å². The van der Waals surface area contributed by atoms with Crippen molar-refractivity contribution in [3.63, 3.8) is 0 Å². The molecule has 0 bridgehead atoms. The second kappa shape index (κ2) is 5.69. The van der Waals surface area contributed by atoms with Gasteiger partial charge in [-0.1, -0.05) is 43.3 Å². The van der Waals surface area contributed by atoms with Crippen LogP contribution >= 0.6 is 0 Å². The zero-order valence-corrected chi connectivity index (χ0v) is 11.5. The molecule has 2 aromatic rings. The fourth-order valence-electron chi connectivity index (χ4n) is 1.96. The minimum Gasteiger partial charge on any atom is -0.395 e. The summed E-state index contributed by atoms with van der Waals surface area (Å²) in [7, 11) is -3.62. The van der Waals surface area contributed by atoms with Crippen LogP contribution in [0.2, 0.25) is 0 Å². The standard InChI is InChI=1S/C14H17NO3S/c1-2-12(10-16)15-19(17,18)14-9-5-7-11-6-3-4-8-13(11)14/h3-9,12,15-16H,2,10H2,1H3/t12-/m1/s1. The van der Waals surface area contributed by atoms with Crippen LogP contribution in [0, 0.1) is 0 Å². The van der Waals surface area contributed by atoms with Gasteiger partial charge in [0, 0.05) is 11.4 Å². The molecule has 0 unspecified atom stereocenters. The van der Waals surface area contributed by atoms with E-state index in [1.165, 1.54) is 0 Å². The molecule has 4 nitrogen and oxygen atoms in total. The quantitative estimate of drug-likeness (QED) is 0.878. The van der Waals surface area contributed by atoms with E-state index in [1.807, 2.05) is 31.2 Å². The SMILES string of the molecule is CC[C@H](CO)NS(=O)(=O)c1cccc2ccccc12. The van der Waals surface area contributed by atoms with E-state index < -0.39 is 16.1 Å². The number of benzene rings is 2. The maximum absolute atomic E-state index is 12.4. The minimum atomic E-state index is -3.62. The number of nitrogens with one attached hydrogen (secondary N) is 1. The fraction of sp³-hybridized carbons (Fsp3) is 0.286. The topological polar surface area (TPSA) is 66.4 Å². The highest BCUT2D eigenvalue weighted by Gasteiger charge is 2.20. The molecule has 0 spiro atoms. The highest BCUT2D eigenvalue weighted by Crippen LogP contribution is 2.22. The number of aliphatic hydroxyl groups is 1. The van der Waals surface area contributed by atoms with E-state index in [0.29, 0.717) is 11.8 Å². The second-order valence-electron chi connectivity index (χ2n) is 4.39. The van der Waals surface area contributed by atoms with Gasteiger partial charge in [0.25, 0.3) is 0 Å². The molecule has 102 valence electrons. The van der Waals surface area contributed by atoms with Crippen molar-refractivity contribution in [1.82, 2.24) is 4.72 Å². The Kier molecular flexibility index (Phi) is 4.19. The molecule has 0 saturated heterocycles. The summed E-state index contributed by atoms with van der Waals surface area (Å²) in [5.74, 6) is 0. The molecule has 5 heteroatoms. The van der Waals surface area contributed by atoms with Crippen molar-refractivity contribution >= 4 is 20.8 Å². The predicted octanol–water partition coefficient (Wildman–Crippen LogP) is 1.89. The zero-order chi connectivity index (χ0) is 13.9. The van der Waals surface area contributed by atoms with E-state index in [-0.39, 0.29) is 11.5 Å². The molecule has 19 heavy (non-hydrogen) atoms. The third kappa shape index (κ3) is 2.94. The monoisotopic (exact) mass is 279 g/mol. The van der Waals surface area contributed by atoms with Crippen LogP contribution in [0.1, 0.15) is 13.3 Å². The summed E-state index contributed by atoms with van der Waals surface area (Å²) in [5, 5.41) is 10.7. The minimum absolute atomic E-state index is 0.208. The summed E-state index contributed by atoms with van der Waals surface area (Å²) >= 11 is 0. The van der Waals surface area contributed by atoms with E-state index in [2.05, 4.69) is 4.72 Å². The van der Waals surface area contributed by atoms with E-state index in [9.17, 15) is 8.42 Å². The number of fused-ring (bicyclic) bond motifs is 1. The average Bonchev–Trinajstić information content (AvgIpc) is 2.44. The Morgan fingerprint density at radius 3 is 2.53 bits per heavy atom. The first-order chi connectivity index (χ1) is 9.08. The third-order valence-corrected chi connectivity index (χ3v) is 4.65. The molecule has 1 atom stereocenters. The van der Waals surface area contributed by atoms with Gasteiger partial charge >= 0.3 is 0 Å². The van der Waals surface area contributed by atoms with Crippen molar-refractivity contribution in [2.24, 2.45) is 0 Å². The normalized spacial score (nSPS) is 13.6. The maximum atomic E-state index is 12.4. The zero-order valence-electron chi connectivity index (χ0n) is 10.7. The summed E-state index contributed by atoms with van der Waals surface area (Å²) in [5.41, 5.74) is 0. The van der Waals surface area contributed by atoms with Gasteiger partial charge in [0.15, 0.2) is 0 Å². The van der Waals surface area contributed by atoms with Crippen LogP contribution < -0.4 is 4.72 Å². The molecule has 0 aliphatic carbocycles. The van der Waals surface area contributed by atoms with Gasteiger partial charge in [-0.2, -0.15) is 0 Å². The first-order valence-corrected chi connectivity index (χ1v) is 7.67. The van der Waals surface area contributed by atoms with Crippen LogP contribution in [0.3, 0.4) is 0 Å². The van der Waals surface area contributed by atoms with Crippen LogP contribution in [0.15, 0.2) is 47.4 Å². The number of rotatable bonds is 5. The Hall–Kier alpha value is -1.43. The molecule has 2 rings (SSSR count). The van der Waals surface area contributed by atoms with E-state index in [4.69, 9.17) is 5.11 Å². The summed E-state index contributed by atoms with van der Waals surface area (Å²) < 4.78 is 27.2. The van der Waals surface area contributed by atoms with E-state index in [0.717, 1.165) is 5.39 Å². The average molecular weight is 279 g/mol. The van der Waals surface area contributed by atoms with Gasteiger partial charge in [0.1, 0.15) is 0 Å². The van der Waals surface area contributed by atoms with Crippen molar-refractivity contribution in [2.45, 2.75) is 24.3 Å². The lowest BCUT2D eigenvalue weighted by molar-refractivity contribution is 0.254. The van der Waals surface area contributed by atoms with Gasteiger partial charge in [-0.15, -0.1) is 0 Å². The van der Waals surface area contributed by atoms with Crippen molar-refractivity contribution in [2.75, 3.05) is 6.61 Å². The van der Waals surface area contributed by atoms with Crippen molar-refractivity contribution in [3.8, 4) is 0 Å². The molecule has 0 aliphatic heterocycles. The molecular weight excluding hydrogens is 262 g/mol. The molecule has 0 saturated carbocycles. The van der Waals surface area contributed by atoms with Crippen molar-refractivity contribution in [3.05, 3.63) is 42.5 Å². The van der Waals surface area contributed by atoms with Crippen LogP contribution in [-0.4, -0.2) is 26.2 Å². The molecule has 0 heterocycles. The molecule has 0 aliphatic rings. The summed E-state index contributed by atoms with van der Waals surface area (Å²) in [6.07, 6.45) is 0.542. The highest BCUT2D eigenvalue weighted by molar-refractivity contribution is 7.89. The largest absolute Gasteiger partial charge is 0.395 e. The predicted molar refractivity (Wildman–Crippen MR) is 75.4 cm³/mol. The second-order valence-corrected chi connectivity index (χ2v) is 6.07. The Balaban J connectivity index is 2.49. The Bertz CT molecular complexity index is 658. The Morgan fingerprint density at radius 1 is 1.16 bits per heavy atom. The number of hydrogen-bond donors (Lipinski definition) is 2. The first kappa shape index (κ1) is 14.0. The molecule has 0 fully saturated rings. The number of aliphatic hydroxyl groups excluding tert-OH is 1. The summed E-state index contributed by atoms with van der Waals surface area (Å²) in [6, 6.07) is 12.0. The molecule has 0 radical (unpaired) electrons. The van der Waals surface area contributed by atoms with Gasteiger partial charge < -0.3 is 5.11 Å². The van der Waals surface area contributed by atoms with Gasteiger partial charge in [-0.3, -0.25) is 0 Å². The number of sulfonamides is 1. The lowest BCUT2D eigenvalue weighted by Gasteiger charge is -2.15. The Morgan fingerprint density at radius 2 is 1.84 bits per heavy atom.